The van der Waals surface area contributed by atoms with E-state index in [2.05, 4.69) is 15.3 Å². The average Bonchev–Trinajstić information content (AvgIpc) is 2.47. The van der Waals surface area contributed by atoms with Crippen molar-refractivity contribution in [1.82, 2.24) is 14.9 Å². The third kappa shape index (κ3) is 4.50. The zero-order valence-corrected chi connectivity index (χ0v) is 13.7. The Morgan fingerprint density at radius 3 is 2.88 bits per heavy atom. The summed E-state index contributed by atoms with van der Waals surface area (Å²) in [6.45, 7) is 4.78. The Kier molecular flexibility index (Phi) is 4.87. The van der Waals surface area contributed by atoms with Crippen LogP contribution < -0.4 is 5.32 Å². The van der Waals surface area contributed by atoms with Crippen LogP contribution in [0.1, 0.15) is 32.9 Å². The molecule has 1 aromatic heterocycles. The van der Waals surface area contributed by atoms with Gasteiger partial charge in [-0.05, 0) is 26.8 Å². The summed E-state index contributed by atoms with van der Waals surface area (Å²) >= 11 is 0. The van der Waals surface area contributed by atoms with Gasteiger partial charge in [-0.25, -0.2) is 23.5 Å². The van der Waals surface area contributed by atoms with Crippen molar-refractivity contribution >= 4 is 12.0 Å². The number of amides is 1. The molecule has 7 nitrogen and oxygen atoms in total. The first-order valence-electron chi connectivity index (χ1n) is 7.46. The Morgan fingerprint density at radius 1 is 1.54 bits per heavy atom. The molecule has 1 aliphatic heterocycles. The highest BCUT2D eigenvalue weighted by atomic mass is 19.3. The molecule has 24 heavy (non-hydrogen) atoms. The number of anilines is 1. The molecule has 0 bridgehead atoms. The summed E-state index contributed by atoms with van der Waals surface area (Å²) in [6.07, 6.45) is 0.166. The van der Waals surface area contributed by atoms with Crippen molar-refractivity contribution in [3.63, 3.8) is 0 Å². The molecule has 1 fully saturated rings. The number of hydrogen-bond acceptors (Lipinski definition) is 6. The number of carbonyl (C=O) groups excluding carboxylic acids is 1. The van der Waals surface area contributed by atoms with Crippen LogP contribution in [0.3, 0.4) is 0 Å². The molecule has 1 aromatic rings. The molecule has 2 heterocycles. The van der Waals surface area contributed by atoms with E-state index in [9.17, 15) is 13.6 Å². The minimum absolute atomic E-state index is 0.0654. The molecular formula is C15H19F2N5O2. The second-order valence-corrected chi connectivity index (χ2v) is 6.51. The highest BCUT2D eigenvalue weighted by Crippen LogP contribution is 2.30. The number of aromatic nitrogens is 2. The second-order valence-electron chi connectivity index (χ2n) is 6.51. The van der Waals surface area contributed by atoms with E-state index in [0.717, 1.165) is 0 Å². The fourth-order valence-corrected chi connectivity index (χ4v) is 2.19. The summed E-state index contributed by atoms with van der Waals surface area (Å²) in [5, 5.41) is 11.3. The average molecular weight is 339 g/mol. The smallest absolute Gasteiger partial charge is 0.410 e. The molecule has 1 atom stereocenters. The number of likely N-dealkylation sites (tertiary alicyclic amines) is 1. The lowest BCUT2D eigenvalue weighted by Crippen LogP contribution is -2.56. The maximum atomic E-state index is 14.1. The van der Waals surface area contributed by atoms with Gasteiger partial charge in [-0.15, -0.1) is 0 Å². The Bertz CT molecular complexity index is 654. The summed E-state index contributed by atoms with van der Waals surface area (Å²) in [4.78, 5) is 21.0. The molecule has 1 N–H and O–H groups in total. The monoisotopic (exact) mass is 339 g/mol. The van der Waals surface area contributed by atoms with Gasteiger partial charge in [0, 0.05) is 19.2 Å². The van der Waals surface area contributed by atoms with Crippen LogP contribution in [0, 0.1) is 11.3 Å². The van der Waals surface area contributed by atoms with Crippen LogP contribution in [0.5, 0.6) is 0 Å². The number of halogens is 2. The predicted octanol–water partition coefficient (Wildman–Crippen LogP) is 2.40. The third-order valence-corrected chi connectivity index (χ3v) is 3.35. The van der Waals surface area contributed by atoms with E-state index in [-0.39, 0.29) is 24.7 Å². The maximum absolute atomic E-state index is 14.1. The van der Waals surface area contributed by atoms with Gasteiger partial charge in [0.2, 0.25) is 5.95 Å². The van der Waals surface area contributed by atoms with E-state index < -0.39 is 30.1 Å². The molecule has 130 valence electrons. The van der Waals surface area contributed by atoms with Gasteiger partial charge < -0.3 is 15.0 Å². The molecule has 0 spiro atoms. The van der Waals surface area contributed by atoms with Gasteiger partial charge in [-0.2, -0.15) is 5.26 Å². The van der Waals surface area contributed by atoms with Gasteiger partial charge in [0.15, 0.2) is 0 Å². The number of ether oxygens (including phenoxy) is 1. The lowest BCUT2D eigenvalue weighted by atomic mass is 10.0. The number of nitrogens with zero attached hydrogens (tertiary/aromatic N) is 4. The zero-order chi connectivity index (χ0) is 18.0. The molecule has 9 heteroatoms. The van der Waals surface area contributed by atoms with Gasteiger partial charge in [-0.1, -0.05) is 0 Å². The first kappa shape index (κ1) is 17.8. The number of nitrogens with one attached hydrogen (secondary N) is 1. The molecule has 0 aliphatic carbocycles. The van der Waals surface area contributed by atoms with Crippen molar-refractivity contribution in [3.05, 3.63) is 18.0 Å². The number of alkyl halides is 2. The van der Waals surface area contributed by atoms with Gasteiger partial charge >= 0.3 is 6.09 Å². The zero-order valence-electron chi connectivity index (χ0n) is 13.7. The summed E-state index contributed by atoms with van der Waals surface area (Å²) < 4.78 is 33.5. The van der Waals surface area contributed by atoms with Crippen molar-refractivity contribution in [3.8, 4) is 6.07 Å². The first-order chi connectivity index (χ1) is 11.1. The van der Waals surface area contributed by atoms with Crippen LogP contribution in [-0.2, 0) is 4.74 Å². The summed E-state index contributed by atoms with van der Waals surface area (Å²) in [7, 11) is 0. The number of hydrogen-bond donors (Lipinski definition) is 1. The van der Waals surface area contributed by atoms with Crippen LogP contribution in [-0.4, -0.2) is 51.6 Å². The Balaban J connectivity index is 2.11. The molecule has 2 rings (SSSR count). The van der Waals surface area contributed by atoms with Crippen LogP contribution >= 0.6 is 0 Å². The standard InChI is InChI=1S/C15H19F2N5O2/c1-14(2,3)24-13(23)22-7-5-15(16,17)11(9-22)21-12-19-6-4-10(8-18)20-12/h4,6,11H,5,7,9H2,1-3H3,(H,19,20,21). The maximum Gasteiger partial charge on any atom is 0.410 e. The van der Waals surface area contributed by atoms with Crippen LogP contribution in [0.15, 0.2) is 12.3 Å². The highest BCUT2D eigenvalue weighted by Gasteiger charge is 2.46. The summed E-state index contributed by atoms with van der Waals surface area (Å²) in [5.74, 6) is -3.12. The van der Waals surface area contributed by atoms with Crippen LogP contribution in [0.2, 0.25) is 0 Å². The highest BCUT2D eigenvalue weighted by molar-refractivity contribution is 5.68. The van der Waals surface area contributed by atoms with E-state index in [1.165, 1.54) is 17.2 Å². The van der Waals surface area contributed by atoms with E-state index >= 15 is 0 Å². The fourth-order valence-electron chi connectivity index (χ4n) is 2.19. The topological polar surface area (TPSA) is 91.1 Å². The molecule has 1 amide bonds. The lowest BCUT2D eigenvalue weighted by Gasteiger charge is -2.38. The molecule has 1 saturated heterocycles. The third-order valence-electron chi connectivity index (χ3n) is 3.35. The second kappa shape index (κ2) is 6.55. The van der Waals surface area contributed by atoms with Crippen LogP contribution in [0.4, 0.5) is 19.5 Å². The van der Waals surface area contributed by atoms with Gasteiger partial charge in [0.1, 0.15) is 23.4 Å². The Labute approximate surface area is 138 Å². The van der Waals surface area contributed by atoms with Crippen molar-refractivity contribution < 1.29 is 18.3 Å². The molecule has 1 unspecified atom stereocenters. The van der Waals surface area contributed by atoms with Crippen molar-refractivity contribution in [2.75, 3.05) is 18.4 Å². The van der Waals surface area contributed by atoms with Crippen molar-refractivity contribution in [2.45, 2.75) is 44.8 Å². The SMILES string of the molecule is CC(C)(C)OC(=O)N1CCC(F)(F)C(Nc2nccc(C#N)n2)C1. The summed E-state index contributed by atoms with van der Waals surface area (Å²) in [6, 6.07) is 1.82. The normalized spacial score (nSPS) is 20.2. The van der Waals surface area contributed by atoms with Gasteiger partial charge in [-0.3, -0.25) is 0 Å². The van der Waals surface area contributed by atoms with Crippen LogP contribution in [0.25, 0.3) is 0 Å². The Hall–Kier alpha value is -2.50. The minimum atomic E-state index is -3.04. The molecular weight excluding hydrogens is 320 g/mol. The number of carbonyl (C=O) groups is 1. The molecule has 1 aliphatic rings. The van der Waals surface area contributed by atoms with Crippen molar-refractivity contribution in [1.29, 1.82) is 5.26 Å². The number of piperidine rings is 1. The molecule has 0 radical (unpaired) electrons. The van der Waals surface area contributed by atoms with E-state index in [1.54, 1.807) is 20.8 Å². The van der Waals surface area contributed by atoms with E-state index in [1.807, 2.05) is 6.07 Å². The molecule has 0 saturated carbocycles. The largest absolute Gasteiger partial charge is 0.444 e. The number of rotatable bonds is 2. The lowest BCUT2D eigenvalue weighted by molar-refractivity contribution is -0.0685. The van der Waals surface area contributed by atoms with E-state index in [0.29, 0.717) is 0 Å². The Morgan fingerprint density at radius 2 is 2.25 bits per heavy atom. The van der Waals surface area contributed by atoms with Crippen molar-refractivity contribution in [2.24, 2.45) is 0 Å². The quantitative estimate of drug-likeness (QED) is 0.890. The first-order valence-corrected chi connectivity index (χ1v) is 7.46. The van der Waals surface area contributed by atoms with Gasteiger partial charge in [0.05, 0.1) is 6.54 Å². The predicted molar refractivity (Wildman–Crippen MR) is 81.5 cm³/mol. The van der Waals surface area contributed by atoms with E-state index in [4.69, 9.17) is 10.00 Å². The minimum Gasteiger partial charge on any atom is -0.444 e. The summed E-state index contributed by atoms with van der Waals surface area (Å²) in [5.41, 5.74) is -0.639. The molecule has 0 aromatic carbocycles. The number of nitriles is 1. The van der Waals surface area contributed by atoms with Gasteiger partial charge in [0.25, 0.3) is 5.92 Å². The fraction of sp³-hybridized carbons (Fsp3) is 0.600.